The van der Waals surface area contributed by atoms with E-state index in [1.807, 2.05) is 0 Å². The number of nitrogens with zero attached hydrogens (tertiary/aromatic N) is 2. The molecular weight excluding hydrogens is 494 g/mol. The average Bonchev–Trinajstić information content (AvgIpc) is 3.71. The minimum absolute atomic E-state index is 0.0486. The lowest BCUT2D eigenvalue weighted by Gasteiger charge is -2.35. The third-order valence-electron chi connectivity index (χ3n) is 6.68. The summed E-state index contributed by atoms with van der Waals surface area (Å²) in [6, 6.07) is 8.12. The lowest BCUT2D eigenvalue weighted by atomic mass is 9.85. The summed E-state index contributed by atoms with van der Waals surface area (Å²) in [7, 11) is 2.51. The Labute approximate surface area is 219 Å². The number of allylic oxidation sites excluding steroid dienone is 1. The molecule has 0 unspecified atom stereocenters. The molecule has 8 nitrogen and oxygen atoms in total. The average molecular weight is 523 g/mol. The Kier molecular flexibility index (Phi) is 7.34. The Hall–Kier alpha value is -4.47. The fourth-order valence-electron chi connectivity index (χ4n) is 4.62. The topological polar surface area (TPSA) is 92.3 Å². The third kappa shape index (κ3) is 4.65. The summed E-state index contributed by atoms with van der Waals surface area (Å²) in [5.41, 5.74) is 1.04. The number of hydrogen-bond acceptors (Lipinski definition) is 6. The zero-order valence-electron chi connectivity index (χ0n) is 21.4. The van der Waals surface area contributed by atoms with E-state index in [1.54, 1.807) is 37.3 Å². The molecule has 0 radical (unpaired) electrons. The minimum atomic E-state index is -0.977. The van der Waals surface area contributed by atoms with Gasteiger partial charge in [0.2, 0.25) is 11.8 Å². The highest BCUT2D eigenvalue weighted by Crippen LogP contribution is 2.58. The largest absolute Gasteiger partial charge is 0.493 e. The summed E-state index contributed by atoms with van der Waals surface area (Å²) in [5.74, 6) is -2.87. The Bertz CT molecular complexity index is 1370. The highest BCUT2D eigenvalue weighted by Gasteiger charge is 2.57. The molecule has 38 heavy (non-hydrogen) atoms. The van der Waals surface area contributed by atoms with E-state index in [2.05, 4.69) is 28.9 Å². The smallest absolute Gasteiger partial charge is 0.247 e. The molecule has 2 aromatic rings. The number of anilines is 3. The van der Waals surface area contributed by atoms with Gasteiger partial charge >= 0.3 is 0 Å². The van der Waals surface area contributed by atoms with Crippen molar-refractivity contribution in [2.75, 3.05) is 36.3 Å². The fraction of sp³-hybridized carbons (Fsp3) is 0.250. The number of nitrogens with one attached hydrogen (secondary N) is 2. The van der Waals surface area contributed by atoms with Gasteiger partial charge in [0.1, 0.15) is 11.5 Å². The Morgan fingerprint density at radius 3 is 2.18 bits per heavy atom. The van der Waals surface area contributed by atoms with Crippen molar-refractivity contribution >= 4 is 35.6 Å². The maximum absolute atomic E-state index is 15.3. The molecule has 198 valence electrons. The van der Waals surface area contributed by atoms with E-state index in [0.717, 1.165) is 22.6 Å². The summed E-state index contributed by atoms with van der Waals surface area (Å²) in [4.78, 5) is 30.8. The summed E-state index contributed by atoms with van der Waals surface area (Å²) in [5, 5.41) is 5.85. The maximum Gasteiger partial charge on any atom is 0.247 e. The molecule has 2 amide bonds. The Morgan fingerprint density at radius 1 is 1.11 bits per heavy atom. The van der Waals surface area contributed by atoms with E-state index in [4.69, 9.17) is 9.47 Å². The molecule has 2 aliphatic rings. The quantitative estimate of drug-likeness (QED) is 0.349. The van der Waals surface area contributed by atoms with Crippen molar-refractivity contribution in [1.29, 1.82) is 0 Å². The summed E-state index contributed by atoms with van der Waals surface area (Å²) >= 11 is 0. The van der Waals surface area contributed by atoms with Gasteiger partial charge in [0.15, 0.2) is 23.1 Å². The first-order valence-corrected chi connectivity index (χ1v) is 11.8. The summed E-state index contributed by atoms with van der Waals surface area (Å²) in [6.45, 7) is 8.85. The number of methoxy groups -OCH3 is 2. The molecule has 0 bridgehead atoms. The van der Waals surface area contributed by atoms with Gasteiger partial charge in [-0.15, -0.1) is 0 Å². The van der Waals surface area contributed by atoms with Crippen LogP contribution in [-0.2, 0) is 9.59 Å². The predicted octanol–water partition coefficient (Wildman–Crippen LogP) is 5.20. The van der Waals surface area contributed by atoms with Crippen molar-refractivity contribution in [3.05, 3.63) is 77.7 Å². The molecule has 1 fully saturated rings. The minimum Gasteiger partial charge on any atom is -0.493 e. The highest BCUT2D eigenvalue weighted by atomic mass is 19.1. The monoisotopic (exact) mass is 522 g/mol. The van der Waals surface area contributed by atoms with Crippen molar-refractivity contribution in [1.82, 2.24) is 0 Å². The van der Waals surface area contributed by atoms with Gasteiger partial charge in [-0.2, -0.15) is 0 Å². The molecule has 2 N–H and O–H groups in total. The van der Waals surface area contributed by atoms with Crippen molar-refractivity contribution in [3.63, 3.8) is 0 Å². The molecule has 1 spiro atoms. The molecule has 0 aromatic heterocycles. The number of halogens is 2. The summed E-state index contributed by atoms with van der Waals surface area (Å²) in [6.07, 6.45) is 3.89. The van der Waals surface area contributed by atoms with E-state index >= 15 is 8.78 Å². The van der Waals surface area contributed by atoms with Crippen LogP contribution in [0.5, 0.6) is 11.5 Å². The standard InChI is InChI=1S/C28H28F2N4O4/c1-6-23(35)33-19-10-8-7-9-18(19)32-22(31-3)13-17-16(2)15-34(27(36)28(17)11-12-28)26-24(29)20(37-4)14-21(38-5)25(26)30/h6-10,13-14,32H,1,3,11-12,15H2,2,4-5H3,(H,33,35)/b22-13+. The number of carbonyl (C=O) groups is 2. The lowest BCUT2D eigenvalue weighted by Crippen LogP contribution is -2.44. The third-order valence-corrected chi connectivity index (χ3v) is 6.68. The first kappa shape index (κ1) is 26.6. The van der Waals surface area contributed by atoms with Crippen LogP contribution in [0.15, 0.2) is 71.0 Å². The number of amides is 2. The molecular formula is C28H28F2N4O4. The second-order valence-corrected chi connectivity index (χ2v) is 8.98. The zero-order valence-corrected chi connectivity index (χ0v) is 21.4. The van der Waals surface area contributed by atoms with Crippen LogP contribution in [0.4, 0.5) is 25.8 Å². The van der Waals surface area contributed by atoms with Crippen LogP contribution in [-0.4, -0.2) is 39.3 Å². The first-order valence-electron chi connectivity index (χ1n) is 11.8. The number of aliphatic imine (C=N–C) groups is 1. The summed E-state index contributed by atoms with van der Waals surface area (Å²) < 4.78 is 40.6. The van der Waals surface area contributed by atoms with Crippen LogP contribution < -0.4 is 25.0 Å². The Balaban J connectivity index is 1.73. The number of para-hydroxylation sites is 2. The van der Waals surface area contributed by atoms with Gasteiger partial charge < -0.3 is 25.0 Å². The number of rotatable bonds is 9. The van der Waals surface area contributed by atoms with E-state index in [1.165, 1.54) is 14.2 Å². The van der Waals surface area contributed by atoms with Crippen LogP contribution in [0, 0.1) is 17.0 Å². The molecule has 0 saturated heterocycles. The molecule has 1 heterocycles. The number of benzene rings is 2. The Morgan fingerprint density at radius 2 is 1.68 bits per heavy atom. The van der Waals surface area contributed by atoms with Gasteiger partial charge in [-0.3, -0.25) is 9.59 Å². The van der Waals surface area contributed by atoms with Crippen molar-refractivity contribution in [2.45, 2.75) is 19.8 Å². The van der Waals surface area contributed by atoms with Gasteiger partial charge in [0.05, 0.1) is 31.0 Å². The number of hydrogen-bond donors (Lipinski definition) is 2. The van der Waals surface area contributed by atoms with Crippen molar-refractivity contribution < 1.29 is 27.8 Å². The van der Waals surface area contributed by atoms with Gasteiger partial charge in [-0.1, -0.05) is 18.7 Å². The van der Waals surface area contributed by atoms with Crippen molar-refractivity contribution in [3.8, 4) is 11.5 Å². The molecule has 2 aromatic carbocycles. The van der Waals surface area contributed by atoms with E-state index in [-0.39, 0.29) is 24.0 Å². The van der Waals surface area contributed by atoms with Crippen LogP contribution in [0.25, 0.3) is 0 Å². The molecule has 1 aliphatic carbocycles. The van der Waals surface area contributed by atoms with Crippen LogP contribution in [0.1, 0.15) is 19.8 Å². The molecule has 1 saturated carbocycles. The lowest BCUT2D eigenvalue weighted by molar-refractivity contribution is -0.122. The second kappa shape index (κ2) is 10.5. The fourth-order valence-corrected chi connectivity index (χ4v) is 4.62. The molecule has 0 atom stereocenters. The number of carbonyl (C=O) groups excluding carboxylic acids is 2. The normalized spacial score (nSPS) is 16.3. The molecule has 1 aliphatic heterocycles. The van der Waals surface area contributed by atoms with Crippen LogP contribution >= 0.6 is 0 Å². The van der Waals surface area contributed by atoms with Crippen LogP contribution in [0.2, 0.25) is 0 Å². The van der Waals surface area contributed by atoms with Crippen LogP contribution in [0.3, 0.4) is 0 Å². The van der Waals surface area contributed by atoms with Gasteiger partial charge in [-0.25, -0.2) is 13.8 Å². The van der Waals surface area contributed by atoms with E-state index in [9.17, 15) is 9.59 Å². The zero-order chi connectivity index (χ0) is 27.6. The predicted molar refractivity (Wildman–Crippen MR) is 143 cm³/mol. The van der Waals surface area contributed by atoms with Gasteiger partial charge in [0, 0.05) is 12.6 Å². The van der Waals surface area contributed by atoms with E-state index < -0.39 is 28.6 Å². The van der Waals surface area contributed by atoms with E-state index in [0.29, 0.717) is 35.6 Å². The first-order chi connectivity index (χ1) is 18.2. The molecule has 10 heteroatoms. The molecule has 4 rings (SSSR count). The maximum atomic E-state index is 15.3. The number of ether oxygens (including phenoxy) is 2. The SMILES string of the molecule is C=CC(=O)Nc1ccccc1N/C(=C/C1=C(C)CN(c2c(F)c(OC)cc(OC)c2F)C(=O)C12CC2)N=C. The van der Waals surface area contributed by atoms with Gasteiger partial charge in [0.25, 0.3) is 0 Å². The van der Waals surface area contributed by atoms with Gasteiger partial charge in [-0.05, 0) is 61.9 Å². The van der Waals surface area contributed by atoms with Crippen molar-refractivity contribution in [2.24, 2.45) is 10.4 Å². The second-order valence-electron chi connectivity index (χ2n) is 8.98. The highest BCUT2D eigenvalue weighted by molar-refractivity contribution is 6.04.